The molecule has 0 aromatic heterocycles. The average molecular weight is 363 g/mol. The van der Waals surface area contributed by atoms with Gasteiger partial charge in [0.1, 0.15) is 5.75 Å². The third-order valence-electron chi connectivity index (χ3n) is 3.73. The molecule has 1 atom stereocenters. The molecule has 0 bridgehead atoms. The van der Waals surface area contributed by atoms with Gasteiger partial charge in [0.2, 0.25) is 5.91 Å². The fourth-order valence-electron chi connectivity index (χ4n) is 2.27. The molecule has 0 spiro atoms. The molecular weight excluding hydrogens is 341 g/mol. The first-order chi connectivity index (χ1) is 12.0. The Morgan fingerprint density at radius 2 is 1.88 bits per heavy atom. The highest BCUT2D eigenvalue weighted by atomic mass is 32.2. The van der Waals surface area contributed by atoms with Crippen LogP contribution in [0.1, 0.15) is 18.1 Å². The topological polar surface area (TPSA) is 47.6 Å². The first-order valence-corrected chi connectivity index (χ1v) is 8.93. The number of para-hydroxylation sites is 1. The second-order valence-corrected chi connectivity index (χ2v) is 6.78. The number of amides is 1. The Morgan fingerprint density at radius 3 is 2.56 bits per heavy atom. The van der Waals surface area contributed by atoms with Gasteiger partial charge in [0.05, 0.1) is 19.5 Å². The monoisotopic (exact) mass is 363 g/mol. The van der Waals surface area contributed by atoms with Crippen molar-refractivity contribution in [2.75, 3.05) is 14.2 Å². The van der Waals surface area contributed by atoms with Gasteiger partial charge in [0.15, 0.2) is 11.6 Å². The largest absolute Gasteiger partial charge is 0.496 e. The molecule has 0 aliphatic carbocycles. The van der Waals surface area contributed by atoms with Crippen molar-refractivity contribution in [2.45, 2.75) is 24.5 Å². The van der Waals surface area contributed by atoms with Gasteiger partial charge in [0.25, 0.3) is 0 Å². The van der Waals surface area contributed by atoms with Crippen LogP contribution in [0.2, 0.25) is 0 Å². The van der Waals surface area contributed by atoms with Crippen LogP contribution in [0, 0.1) is 5.82 Å². The SMILES string of the molecule is COc1ccc(CSC(C)C(=O)NCc2ccccc2OC)cc1F. The van der Waals surface area contributed by atoms with Crippen LogP contribution in [-0.2, 0) is 17.1 Å². The zero-order valence-electron chi connectivity index (χ0n) is 14.5. The Bertz CT molecular complexity index is 724. The summed E-state index contributed by atoms with van der Waals surface area (Å²) >= 11 is 1.45. The maximum atomic E-state index is 13.7. The fourth-order valence-corrected chi connectivity index (χ4v) is 3.13. The number of rotatable bonds is 8. The van der Waals surface area contributed by atoms with E-state index in [1.807, 2.05) is 31.2 Å². The Hall–Kier alpha value is -2.21. The summed E-state index contributed by atoms with van der Waals surface area (Å²) in [4.78, 5) is 12.2. The summed E-state index contributed by atoms with van der Waals surface area (Å²) in [7, 11) is 3.04. The molecule has 0 saturated carbocycles. The van der Waals surface area contributed by atoms with E-state index in [0.717, 1.165) is 16.9 Å². The molecule has 0 aliphatic rings. The first kappa shape index (κ1) is 19.1. The predicted molar refractivity (Wildman–Crippen MR) is 98.5 cm³/mol. The number of carbonyl (C=O) groups excluding carboxylic acids is 1. The minimum Gasteiger partial charge on any atom is -0.496 e. The number of thioether (sulfide) groups is 1. The second kappa shape index (κ2) is 9.32. The van der Waals surface area contributed by atoms with Gasteiger partial charge in [-0.2, -0.15) is 0 Å². The van der Waals surface area contributed by atoms with Crippen molar-refractivity contribution < 1.29 is 18.7 Å². The average Bonchev–Trinajstić information content (AvgIpc) is 2.64. The highest BCUT2D eigenvalue weighted by Gasteiger charge is 2.14. The Kier molecular flexibility index (Phi) is 7.13. The van der Waals surface area contributed by atoms with Crippen molar-refractivity contribution in [1.82, 2.24) is 5.32 Å². The zero-order valence-corrected chi connectivity index (χ0v) is 15.4. The van der Waals surface area contributed by atoms with E-state index >= 15 is 0 Å². The number of benzene rings is 2. The molecule has 25 heavy (non-hydrogen) atoms. The number of hydrogen-bond donors (Lipinski definition) is 1. The Morgan fingerprint density at radius 1 is 1.16 bits per heavy atom. The van der Waals surface area contributed by atoms with Crippen LogP contribution in [0.15, 0.2) is 42.5 Å². The number of halogens is 1. The van der Waals surface area contributed by atoms with Gasteiger partial charge >= 0.3 is 0 Å². The fraction of sp³-hybridized carbons (Fsp3) is 0.316. The summed E-state index contributed by atoms with van der Waals surface area (Å²) in [6, 6.07) is 12.4. The van der Waals surface area contributed by atoms with Crippen LogP contribution in [0.4, 0.5) is 4.39 Å². The van der Waals surface area contributed by atoms with Crippen LogP contribution in [0.25, 0.3) is 0 Å². The van der Waals surface area contributed by atoms with Gasteiger partial charge < -0.3 is 14.8 Å². The molecule has 1 N–H and O–H groups in total. The minimum absolute atomic E-state index is 0.0649. The highest BCUT2D eigenvalue weighted by Crippen LogP contribution is 2.23. The van der Waals surface area contributed by atoms with Crippen molar-refractivity contribution in [2.24, 2.45) is 0 Å². The normalized spacial score (nSPS) is 11.7. The number of ether oxygens (including phenoxy) is 2. The van der Waals surface area contributed by atoms with E-state index in [1.54, 1.807) is 19.2 Å². The molecule has 1 amide bonds. The van der Waals surface area contributed by atoms with E-state index in [4.69, 9.17) is 9.47 Å². The summed E-state index contributed by atoms with van der Waals surface area (Å²) < 4.78 is 23.9. The summed E-state index contributed by atoms with van der Waals surface area (Å²) in [5.41, 5.74) is 1.74. The molecule has 2 aromatic rings. The molecule has 134 valence electrons. The van der Waals surface area contributed by atoms with Crippen LogP contribution >= 0.6 is 11.8 Å². The zero-order chi connectivity index (χ0) is 18.2. The number of hydrogen-bond acceptors (Lipinski definition) is 4. The van der Waals surface area contributed by atoms with Crippen molar-refractivity contribution in [3.8, 4) is 11.5 Å². The van der Waals surface area contributed by atoms with Gasteiger partial charge in [0, 0.05) is 17.9 Å². The molecule has 0 radical (unpaired) electrons. The second-order valence-electron chi connectivity index (χ2n) is 5.45. The summed E-state index contributed by atoms with van der Waals surface area (Å²) in [6.07, 6.45) is 0. The highest BCUT2D eigenvalue weighted by molar-refractivity contribution is 7.99. The molecule has 0 heterocycles. The summed E-state index contributed by atoms with van der Waals surface area (Å²) in [5, 5.41) is 2.66. The quantitative estimate of drug-likeness (QED) is 0.775. The lowest BCUT2D eigenvalue weighted by atomic mass is 10.2. The molecular formula is C19H22FNO3S. The van der Waals surface area contributed by atoms with E-state index in [2.05, 4.69) is 5.32 Å². The Balaban J connectivity index is 1.85. The van der Waals surface area contributed by atoms with E-state index < -0.39 is 5.82 Å². The lowest BCUT2D eigenvalue weighted by Crippen LogP contribution is -2.30. The van der Waals surface area contributed by atoms with Crippen molar-refractivity contribution in [1.29, 1.82) is 0 Å². The lowest BCUT2D eigenvalue weighted by molar-refractivity contribution is -0.120. The van der Waals surface area contributed by atoms with Crippen molar-refractivity contribution in [3.63, 3.8) is 0 Å². The van der Waals surface area contributed by atoms with Gasteiger partial charge in [-0.05, 0) is 30.7 Å². The number of methoxy groups -OCH3 is 2. The van der Waals surface area contributed by atoms with E-state index in [0.29, 0.717) is 12.3 Å². The molecule has 6 heteroatoms. The van der Waals surface area contributed by atoms with Gasteiger partial charge in [-0.3, -0.25) is 4.79 Å². The third kappa shape index (κ3) is 5.39. The molecule has 1 unspecified atom stereocenters. The maximum absolute atomic E-state index is 13.7. The van der Waals surface area contributed by atoms with Crippen molar-refractivity contribution in [3.05, 3.63) is 59.4 Å². The van der Waals surface area contributed by atoms with Crippen LogP contribution < -0.4 is 14.8 Å². The van der Waals surface area contributed by atoms with Crippen LogP contribution in [-0.4, -0.2) is 25.4 Å². The van der Waals surface area contributed by atoms with Gasteiger partial charge in [-0.1, -0.05) is 24.3 Å². The molecule has 2 aromatic carbocycles. The van der Waals surface area contributed by atoms with E-state index in [-0.39, 0.29) is 16.9 Å². The van der Waals surface area contributed by atoms with Crippen LogP contribution in [0.3, 0.4) is 0 Å². The molecule has 0 aliphatic heterocycles. The molecule has 2 rings (SSSR count). The smallest absolute Gasteiger partial charge is 0.233 e. The summed E-state index contributed by atoms with van der Waals surface area (Å²) in [6.45, 7) is 2.24. The molecule has 4 nitrogen and oxygen atoms in total. The Labute approximate surface area is 151 Å². The van der Waals surface area contributed by atoms with Gasteiger partial charge in [-0.15, -0.1) is 11.8 Å². The third-order valence-corrected chi connectivity index (χ3v) is 4.95. The molecule has 0 saturated heterocycles. The standard InChI is InChI=1S/C19H22FNO3S/c1-13(25-12-14-8-9-18(24-3)16(20)10-14)19(22)21-11-15-6-4-5-7-17(15)23-2/h4-10,13H,11-12H2,1-3H3,(H,21,22). The first-order valence-electron chi connectivity index (χ1n) is 7.88. The predicted octanol–water partition coefficient (Wildman–Crippen LogP) is 3.78. The van der Waals surface area contributed by atoms with E-state index in [9.17, 15) is 9.18 Å². The number of carbonyl (C=O) groups is 1. The molecule has 0 fully saturated rings. The summed E-state index contributed by atoms with van der Waals surface area (Å²) in [5.74, 6) is 1.05. The van der Waals surface area contributed by atoms with Crippen molar-refractivity contribution >= 4 is 17.7 Å². The number of nitrogens with one attached hydrogen (secondary N) is 1. The van der Waals surface area contributed by atoms with Crippen LogP contribution in [0.5, 0.6) is 11.5 Å². The van der Waals surface area contributed by atoms with Gasteiger partial charge in [-0.25, -0.2) is 4.39 Å². The minimum atomic E-state index is -0.395. The van der Waals surface area contributed by atoms with E-state index in [1.165, 1.54) is 24.9 Å². The maximum Gasteiger partial charge on any atom is 0.233 e. The lowest BCUT2D eigenvalue weighted by Gasteiger charge is -2.14.